The average molecular weight is 206 g/mol. The maximum atomic E-state index is 3.99. The highest BCUT2D eigenvalue weighted by atomic mass is 14.8. The van der Waals surface area contributed by atoms with Gasteiger partial charge in [0.25, 0.3) is 0 Å². The Bertz CT molecular complexity index is 262. The summed E-state index contributed by atoms with van der Waals surface area (Å²) in [7, 11) is 0. The van der Waals surface area contributed by atoms with Gasteiger partial charge in [-0.05, 0) is 42.5 Å². The Morgan fingerprint density at radius 2 is 1.87 bits per heavy atom. The van der Waals surface area contributed by atoms with Crippen LogP contribution in [0.4, 0.5) is 0 Å². The number of rotatable bonds is 5. The van der Waals surface area contributed by atoms with Gasteiger partial charge in [0.1, 0.15) is 0 Å². The molecule has 1 heterocycles. The van der Waals surface area contributed by atoms with E-state index in [2.05, 4.69) is 43.2 Å². The first-order valence-electron chi connectivity index (χ1n) is 5.67. The van der Waals surface area contributed by atoms with E-state index in [1.165, 1.54) is 18.4 Å². The summed E-state index contributed by atoms with van der Waals surface area (Å²) in [6, 6.07) is 4.10. The summed E-state index contributed by atoms with van der Waals surface area (Å²) in [5, 5.41) is 3.45. The lowest BCUT2D eigenvalue weighted by Crippen LogP contribution is -2.17. The molecule has 2 heteroatoms. The van der Waals surface area contributed by atoms with Crippen LogP contribution in [0.15, 0.2) is 24.5 Å². The minimum atomic E-state index is 0.457. The van der Waals surface area contributed by atoms with Crippen molar-refractivity contribution in [2.45, 2.75) is 40.2 Å². The van der Waals surface area contributed by atoms with Crippen LogP contribution in [-0.2, 0) is 6.54 Å². The van der Waals surface area contributed by atoms with Crippen molar-refractivity contribution in [1.29, 1.82) is 0 Å². The van der Waals surface area contributed by atoms with E-state index in [1.807, 2.05) is 12.4 Å². The van der Waals surface area contributed by atoms with Gasteiger partial charge in [-0.25, -0.2) is 0 Å². The van der Waals surface area contributed by atoms with Gasteiger partial charge in [0.05, 0.1) is 0 Å². The third-order valence-electron chi connectivity index (χ3n) is 2.36. The Labute approximate surface area is 93.1 Å². The summed E-state index contributed by atoms with van der Waals surface area (Å²) in [5.74, 6) is 0. The third kappa shape index (κ3) is 6.24. The SMILES string of the molecule is CC(C)(C)CCCNCc1ccncc1. The summed E-state index contributed by atoms with van der Waals surface area (Å²) in [6.07, 6.45) is 6.20. The van der Waals surface area contributed by atoms with Crippen LogP contribution < -0.4 is 5.32 Å². The minimum Gasteiger partial charge on any atom is -0.313 e. The number of hydrogen-bond acceptors (Lipinski definition) is 2. The molecule has 1 rings (SSSR count). The van der Waals surface area contributed by atoms with E-state index < -0.39 is 0 Å². The standard InChI is InChI=1S/C13H22N2/c1-13(2,3)7-4-8-15-11-12-5-9-14-10-6-12/h5-6,9-10,15H,4,7-8,11H2,1-3H3. The fourth-order valence-corrected chi connectivity index (χ4v) is 1.48. The first-order chi connectivity index (χ1) is 7.08. The van der Waals surface area contributed by atoms with Crippen molar-refractivity contribution in [1.82, 2.24) is 10.3 Å². The van der Waals surface area contributed by atoms with Crippen molar-refractivity contribution in [2.24, 2.45) is 5.41 Å². The zero-order chi connectivity index (χ0) is 11.1. The molecule has 0 atom stereocenters. The lowest BCUT2D eigenvalue weighted by Gasteiger charge is -2.17. The van der Waals surface area contributed by atoms with Gasteiger partial charge in [-0.15, -0.1) is 0 Å². The summed E-state index contributed by atoms with van der Waals surface area (Å²) >= 11 is 0. The Balaban J connectivity index is 2.08. The van der Waals surface area contributed by atoms with E-state index in [9.17, 15) is 0 Å². The summed E-state index contributed by atoms with van der Waals surface area (Å²) < 4.78 is 0. The fourth-order valence-electron chi connectivity index (χ4n) is 1.48. The maximum absolute atomic E-state index is 3.99. The van der Waals surface area contributed by atoms with Gasteiger partial charge >= 0.3 is 0 Å². The molecule has 0 spiro atoms. The van der Waals surface area contributed by atoms with Gasteiger partial charge in [0, 0.05) is 18.9 Å². The van der Waals surface area contributed by atoms with Gasteiger partial charge in [-0.3, -0.25) is 4.98 Å². The molecule has 1 N–H and O–H groups in total. The van der Waals surface area contributed by atoms with Crippen molar-refractivity contribution >= 4 is 0 Å². The molecule has 0 radical (unpaired) electrons. The molecule has 0 bridgehead atoms. The van der Waals surface area contributed by atoms with Crippen LogP contribution in [0.2, 0.25) is 0 Å². The molecule has 1 aromatic heterocycles. The van der Waals surface area contributed by atoms with E-state index in [0.717, 1.165) is 13.1 Å². The Morgan fingerprint density at radius 1 is 1.20 bits per heavy atom. The highest BCUT2D eigenvalue weighted by molar-refractivity contribution is 5.08. The molecule has 1 aromatic rings. The molecule has 0 aliphatic heterocycles. The van der Waals surface area contributed by atoms with Crippen LogP contribution in [-0.4, -0.2) is 11.5 Å². The number of pyridine rings is 1. The molecule has 0 fully saturated rings. The lowest BCUT2D eigenvalue weighted by molar-refractivity contribution is 0.361. The average Bonchev–Trinajstić information content (AvgIpc) is 2.17. The van der Waals surface area contributed by atoms with Crippen molar-refractivity contribution in [3.63, 3.8) is 0 Å². The van der Waals surface area contributed by atoms with Crippen molar-refractivity contribution in [3.05, 3.63) is 30.1 Å². The molecule has 84 valence electrons. The summed E-state index contributed by atoms with van der Waals surface area (Å²) in [6.45, 7) is 8.91. The summed E-state index contributed by atoms with van der Waals surface area (Å²) in [4.78, 5) is 3.99. The van der Waals surface area contributed by atoms with Crippen LogP contribution in [0.25, 0.3) is 0 Å². The van der Waals surface area contributed by atoms with Crippen LogP contribution in [0.1, 0.15) is 39.2 Å². The van der Waals surface area contributed by atoms with Gasteiger partial charge in [0.15, 0.2) is 0 Å². The number of nitrogens with one attached hydrogen (secondary N) is 1. The zero-order valence-corrected chi connectivity index (χ0v) is 10.1. The van der Waals surface area contributed by atoms with Crippen LogP contribution >= 0.6 is 0 Å². The van der Waals surface area contributed by atoms with Gasteiger partial charge in [-0.1, -0.05) is 20.8 Å². The predicted molar refractivity (Wildman–Crippen MR) is 64.6 cm³/mol. The fraction of sp³-hybridized carbons (Fsp3) is 0.615. The van der Waals surface area contributed by atoms with Gasteiger partial charge in [-0.2, -0.15) is 0 Å². The molecule has 15 heavy (non-hydrogen) atoms. The highest BCUT2D eigenvalue weighted by Crippen LogP contribution is 2.19. The quantitative estimate of drug-likeness (QED) is 0.749. The van der Waals surface area contributed by atoms with Crippen LogP contribution in [0, 0.1) is 5.41 Å². The second-order valence-corrected chi connectivity index (χ2v) is 5.20. The second kappa shape index (κ2) is 5.86. The Morgan fingerprint density at radius 3 is 2.47 bits per heavy atom. The maximum Gasteiger partial charge on any atom is 0.0271 e. The number of nitrogens with zero attached hydrogens (tertiary/aromatic N) is 1. The largest absolute Gasteiger partial charge is 0.313 e. The van der Waals surface area contributed by atoms with E-state index >= 15 is 0 Å². The number of aromatic nitrogens is 1. The molecular formula is C13H22N2. The lowest BCUT2D eigenvalue weighted by atomic mass is 9.91. The zero-order valence-electron chi connectivity index (χ0n) is 10.1. The summed E-state index contributed by atoms with van der Waals surface area (Å²) in [5.41, 5.74) is 1.76. The van der Waals surface area contributed by atoms with E-state index in [4.69, 9.17) is 0 Å². The second-order valence-electron chi connectivity index (χ2n) is 5.20. The van der Waals surface area contributed by atoms with Crippen molar-refractivity contribution in [3.8, 4) is 0 Å². The Kier molecular flexibility index (Phi) is 4.76. The normalized spacial score (nSPS) is 11.7. The monoisotopic (exact) mass is 206 g/mol. The predicted octanol–water partition coefficient (Wildman–Crippen LogP) is 3.00. The Hall–Kier alpha value is -0.890. The first-order valence-corrected chi connectivity index (χ1v) is 5.67. The first kappa shape index (κ1) is 12.2. The molecule has 0 aliphatic carbocycles. The highest BCUT2D eigenvalue weighted by Gasteiger charge is 2.08. The van der Waals surface area contributed by atoms with Crippen molar-refractivity contribution < 1.29 is 0 Å². The van der Waals surface area contributed by atoms with Gasteiger partial charge < -0.3 is 5.32 Å². The molecule has 0 saturated heterocycles. The van der Waals surface area contributed by atoms with E-state index in [0.29, 0.717) is 5.41 Å². The molecule has 0 unspecified atom stereocenters. The molecular weight excluding hydrogens is 184 g/mol. The molecule has 0 amide bonds. The van der Waals surface area contributed by atoms with Crippen LogP contribution in [0.3, 0.4) is 0 Å². The number of hydrogen-bond donors (Lipinski definition) is 1. The smallest absolute Gasteiger partial charge is 0.0271 e. The third-order valence-corrected chi connectivity index (χ3v) is 2.36. The topological polar surface area (TPSA) is 24.9 Å². The minimum absolute atomic E-state index is 0.457. The molecule has 0 aromatic carbocycles. The van der Waals surface area contributed by atoms with Crippen molar-refractivity contribution in [2.75, 3.05) is 6.54 Å². The molecule has 0 aliphatic rings. The molecule has 0 saturated carbocycles. The van der Waals surface area contributed by atoms with Gasteiger partial charge in [0.2, 0.25) is 0 Å². The van der Waals surface area contributed by atoms with E-state index in [1.54, 1.807) is 0 Å². The van der Waals surface area contributed by atoms with Crippen LogP contribution in [0.5, 0.6) is 0 Å². The van der Waals surface area contributed by atoms with E-state index in [-0.39, 0.29) is 0 Å². The molecule has 2 nitrogen and oxygen atoms in total.